The van der Waals surface area contributed by atoms with Gasteiger partial charge in [-0.1, -0.05) is 94.8 Å². The minimum absolute atomic E-state index is 0.00941. The average molecular weight is 468 g/mol. The Balaban J connectivity index is 1.88. The second kappa shape index (κ2) is 14.5. The second-order valence-electron chi connectivity index (χ2n) is 9.69. The summed E-state index contributed by atoms with van der Waals surface area (Å²) in [4.78, 5) is 2.45. The first-order valence-electron chi connectivity index (χ1n) is 13.5. The van der Waals surface area contributed by atoms with E-state index >= 15 is 0 Å². The van der Waals surface area contributed by atoms with Crippen LogP contribution in [0.2, 0.25) is 0 Å². The fourth-order valence-electron chi connectivity index (χ4n) is 4.95. The molecule has 3 rings (SSSR count). The van der Waals surface area contributed by atoms with Crippen LogP contribution in [0.1, 0.15) is 82.3 Å². The Morgan fingerprint density at radius 1 is 0.882 bits per heavy atom. The molecular weight excluding hydrogens is 422 g/mol. The van der Waals surface area contributed by atoms with Crippen LogP contribution in [-0.2, 0) is 10.3 Å². The van der Waals surface area contributed by atoms with Crippen molar-refractivity contribution in [2.75, 3.05) is 39.5 Å². The SMILES string of the molecule is CCCCCCC[C@@](O)(c1ccc(OCCCC)cc1)[C@H](CN1CCOCC1)c1ccccc1. The highest BCUT2D eigenvalue weighted by atomic mass is 16.5. The van der Waals surface area contributed by atoms with Gasteiger partial charge in [-0.25, -0.2) is 0 Å². The molecule has 4 heteroatoms. The topological polar surface area (TPSA) is 41.9 Å². The largest absolute Gasteiger partial charge is 0.494 e. The molecule has 1 N–H and O–H groups in total. The van der Waals surface area contributed by atoms with E-state index < -0.39 is 5.60 Å². The number of hydrogen-bond acceptors (Lipinski definition) is 4. The van der Waals surface area contributed by atoms with Crippen LogP contribution in [0.25, 0.3) is 0 Å². The van der Waals surface area contributed by atoms with Crippen molar-refractivity contribution < 1.29 is 14.6 Å². The molecule has 4 nitrogen and oxygen atoms in total. The van der Waals surface area contributed by atoms with E-state index in [4.69, 9.17) is 9.47 Å². The predicted molar refractivity (Wildman–Crippen MR) is 141 cm³/mol. The molecule has 0 aromatic heterocycles. The summed E-state index contributed by atoms with van der Waals surface area (Å²) in [5, 5.41) is 12.5. The molecule has 0 aliphatic carbocycles. The van der Waals surface area contributed by atoms with Gasteiger partial charge < -0.3 is 14.6 Å². The van der Waals surface area contributed by atoms with Crippen molar-refractivity contribution in [1.29, 1.82) is 0 Å². The lowest BCUT2D eigenvalue weighted by Crippen LogP contribution is -2.45. The molecule has 0 amide bonds. The van der Waals surface area contributed by atoms with Gasteiger partial charge in [0.25, 0.3) is 0 Å². The third kappa shape index (κ3) is 7.83. The minimum atomic E-state index is -0.937. The Labute approximate surface area is 207 Å². The number of unbranched alkanes of at least 4 members (excludes halogenated alkanes) is 5. The maximum Gasteiger partial charge on any atom is 0.119 e. The van der Waals surface area contributed by atoms with Gasteiger partial charge in [0.1, 0.15) is 5.75 Å². The number of morpholine rings is 1. The number of ether oxygens (including phenoxy) is 2. The first-order valence-corrected chi connectivity index (χ1v) is 13.5. The monoisotopic (exact) mass is 467 g/mol. The minimum Gasteiger partial charge on any atom is -0.494 e. The standard InChI is InChI=1S/C30H45NO3/c1-3-5-7-8-12-19-30(32,27-15-17-28(18-16-27)34-22-6-4-2)29(26-13-10-9-11-14-26)25-31-20-23-33-24-21-31/h9-11,13-18,29,32H,3-8,12,19-25H2,1-2H3/t29-,30-/m1/s1. The van der Waals surface area contributed by atoms with Gasteiger partial charge in [-0.15, -0.1) is 0 Å². The highest BCUT2D eigenvalue weighted by molar-refractivity contribution is 5.35. The summed E-state index contributed by atoms with van der Waals surface area (Å²) in [7, 11) is 0. The van der Waals surface area contributed by atoms with E-state index in [1.165, 1.54) is 24.8 Å². The molecule has 0 spiro atoms. The molecule has 1 fully saturated rings. The molecule has 1 aliphatic rings. The van der Waals surface area contributed by atoms with Crippen LogP contribution in [-0.4, -0.2) is 49.5 Å². The fraction of sp³-hybridized carbons (Fsp3) is 0.600. The van der Waals surface area contributed by atoms with Crippen LogP contribution >= 0.6 is 0 Å². The van der Waals surface area contributed by atoms with Crippen molar-refractivity contribution >= 4 is 0 Å². The van der Waals surface area contributed by atoms with Crippen LogP contribution in [0.15, 0.2) is 54.6 Å². The summed E-state index contributed by atoms with van der Waals surface area (Å²) >= 11 is 0. The van der Waals surface area contributed by atoms with Crippen LogP contribution in [0.5, 0.6) is 5.75 Å². The zero-order valence-corrected chi connectivity index (χ0v) is 21.4. The maximum absolute atomic E-state index is 12.5. The highest BCUT2D eigenvalue weighted by Crippen LogP contribution is 2.42. The number of nitrogens with zero attached hydrogens (tertiary/aromatic N) is 1. The Hall–Kier alpha value is -1.88. The Kier molecular flexibility index (Phi) is 11.4. The smallest absolute Gasteiger partial charge is 0.119 e. The molecule has 2 aromatic carbocycles. The summed E-state index contributed by atoms with van der Waals surface area (Å²) < 4.78 is 11.5. The lowest BCUT2D eigenvalue weighted by atomic mass is 9.73. The van der Waals surface area contributed by atoms with Crippen LogP contribution in [0.4, 0.5) is 0 Å². The quantitative estimate of drug-likeness (QED) is 0.302. The molecule has 0 unspecified atom stereocenters. The lowest BCUT2D eigenvalue weighted by molar-refractivity contribution is -0.0296. The summed E-state index contributed by atoms with van der Waals surface area (Å²) in [6.07, 6.45) is 8.85. The van der Waals surface area contributed by atoms with Gasteiger partial charge in [0, 0.05) is 25.6 Å². The molecule has 0 bridgehead atoms. The molecule has 1 aliphatic heterocycles. The second-order valence-corrected chi connectivity index (χ2v) is 9.69. The first-order chi connectivity index (χ1) is 16.7. The first kappa shape index (κ1) is 26.7. The maximum atomic E-state index is 12.5. The van der Waals surface area contributed by atoms with E-state index in [1.807, 2.05) is 12.1 Å². The molecule has 34 heavy (non-hydrogen) atoms. The number of hydrogen-bond donors (Lipinski definition) is 1. The van der Waals surface area contributed by atoms with Gasteiger partial charge in [-0.05, 0) is 36.1 Å². The van der Waals surface area contributed by atoms with E-state index in [9.17, 15) is 5.11 Å². The van der Waals surface area contributed by atoms with Gasteiger partial charge >= 0.3 is 0 Å². The lowest BCUT2D eigenvalue weighted by Gasteiger charge is -2.41. The summed E-state index contributed by atoms with van der Waals surface area (Å²) in [6.45, 7) is 9.34. The summed E-state index contributed by atoms with van der Waals surface area (Å²) in [5.41, 5.74) is 1.26. The van der Waals surface area contributed by atoms with E-state index in [0.29, 0.717) is 0 Å². The van der Waals surface area contributed by atoms with Crippen molar-refractivity contribution in [3.8, 4) is 5.75 Å². The molecule has 188 valence electrons. The zero-order valence-electron chi connectivity index (χ0n) is 21.4. The van der Waals surface area contributed by atoms with Crippen molar-refractivity contribution in [1.82, 2.24) is 4.90 Å². The number of rotatable bonds is 15. The fourth-order valence-corrected chi connectivity index (χ4v) is 4.95. The molecule has 1 saturated heterocycles. The Bertz CT molecular complexity index is 788. The molecule has 0 saturated carbocycles. The van der Waals surface area contributed by atoms with Gasteiger partial charge in [0.2, 0.25) is 0 Å². The van der Waals surface area contributed by atoms with Crippen molar-refractivity contribution in [2.24, 2.45) is 0 Å². The molecule has 2 aromatic rings. The average Bonchev–Trinajstić information content (AvgIpc) is 2.89. The highest BCUT2D eigenvalue weighted by Gasteiger charge is 2.40. The van der Waals surface area contributed by atoms with E-state index in [-0.39, 0.29) is 5.92 Å². The zero-order chi connectivity index (χ0) is 24.1. The van der Waals surface area contributed by atoms with Gasteiger partial charge in [-0.2, -0.15) is 0 Å². The third-order valence-corrected chi connectivity index (χ3v) is 7.11. The van der Waals surface area contributed by atoms with Gasteiger partial charge in [-0.3, -0.25) is 4.90 Å². The summed E-state index contributed by atoms with van der Waals surface area (Å²) in [5.74, 6) is 0.872. The number of aliphatic hydroxyl groups is 1. The molecule has 1 heterocycles. The van der Waals surface area contributed by atoms with Crippen LogP contribution in [0.3, 0.4) is 0 Å². The van der Waals surface area contributed by atoms with Crippen LogP contribution in [0, 0.1) is 0 Å². The molecular formula is C30H45NO3. The predicted octanol–water partition coefficient (Wildman–Crippen LogP) is 6.53. The third-order valence-electron chi connectivity index (χ3n) is 7.11. The Morgan fingerprint density at radius 2 is 1.56 bits per heavy atom. The van der Waals surface area contributed by atoms with Gasteiger partial charge in [0.05, 0.1) is 25.4 Å². The van der Waals surface area contributed by atoms with Gasteiger partial charge in [0.15, 0.2) is 0 Å². The van der Waals surface area contributed by atoms with E-state index in [2.05, 4.69) is 61.2 Å². The summed E-state index contributed by atoms with van der Waals surface area (Å²) in [6, 6.07) is 18.8. The molecule has 0 radical (unpaired) electrons. The van der Waals surface area contributed by atoms with Crippen molar-refractivity contribution in [3.63, 3.8) is 0 Å². The van der Waals surface area contributed by atoms with Crippen LogP contribution < -0.4 is 4.74 Å². The molecule has 2 atom stereocenters. The van der Waals surface area contributed by atoms with Crippen molar-refractivity contribution in [2.45, 2.75) is 76.7 Å². The number of benzene rings is 2. The normalized spacial score (nSPS) is 17.3. The van der Waals surface area contributed by atoms with E-state index in [0.717, 1.165) is 82.9 Å². The Morgan fingerprint density at radius 3 is 2.24 bits per heavy atom. The van der Waals surface area contributed by atoms with Crippen molar-refractivity contribution in [3.05, 3.63) is 65.7 Å². The van der Waals surface area contributed by atoms with E-state index in [1.54, 1.807) is 0 Å².